The lowest BCUT2D eigenvalue weighted by Crippen LogP contribution is -2.43. The Hall–Kier alpha value is -2.40. The number of nitrogens with zero attached hydrogens (tertiary/aromatic N) is 1. The van der Waals surface area contributed by atoms with Gasteiger partial charge in [0.05, 0.1) is 13.2 Å². The van der Waals surface area contributed by atoms with Crippen molar-refractivity contribution in [2.75, 3.05) is 19.7 Å². The number of carbonyl (C=O) groups excluding carboxylic acids is 1. The van der Waals surface area contributed by atoms with E-state index in [1.54, 1.807) is 29.2 Å². The van der Waals surface area contributed by atoms with Gasteiger partial charge in [-0.2, -0.15) is 0 Å². The predicted molar refractivity (Wildman–Crippen MR) is 79.1 cm³/mol. The van der Waals surface area contributed by atoms with E-state index in [0.717, 1.165) is 5.56 Å². The van der Waals surface area contributed by atoms with Crippen LogP contribution in [0.5, 0.6) is 5.75 Å². The number of rotatable bonds is 2. The summed E-state index contributed by atoms with van der Waals surface area (Å²) in [4.78, 5) is 13.8. The molecule has 0 saturated carbocycles. The number of para-hydroxylation sites is 1. The van der Waals surface area contributed by atoms with Gasteiger partial charge in [0.1, 0.15) is 17.7 Å². The molecule has 1 heterocycles. The summed E-state index contributed by atoms with van der Waals surface area (Å²) in [6.45, 7) is 1.28. The smallest absolute Gasteiger partial charge is 0.410 e. The molecule has 1 fully saturated rings. The van der Waals surface area contributed by atoms with Crippen LogP contribution < -0.4 is 4.74 Å². The molecule has 0 N–H and O–H groups in total. The van der Waals surface area contributed by atoms with Gasteiger partial charge in [0, 0.05) is 6.54 Å². The zero-order chi connectivity index (χ0) is 15.4. The second-order valence-electron chi connectivity index (χ2n) is 5.04. The maximum Gasteiger partial charge on any atom is 0.415 e. The second-order valence-corrected chi connectivity index (χ2v) is 5.04. The molecule has 0 radical (unpaired) electrons. The molecule has 1 amide bonds. The fraction of sp³-hybridized carbons (Fsp3) is 0.235. The maximum absolute atomic E-state index is 13.0. The van der Waals surface area contributed by atoms with Crippen LogP contribution in [0.3, 0.4) is 0 Å². The molecule has 1 saturated heterocycles. The SMILES string of the molecule is O=C(Oc1ccccc1)N1CCO[C@H](c2ccc(F)cc2)C1. The first-order valence-corrected chi connectivity index (χ1v) is 7.11. The van der Waals surface area contributed by atoms with E-state index in [0.29, 0.717) is 25.4 Å². The molecule has 4 nitrogen and oxygen atoms in total. The summed E-state index contributed by atoms with van der Waals surface area (Å²) in [5, 5.41) is 0. The monoisotopic (exact) mass is 301 g/mol. The molecule has 5 heteroatoms. The van der Waals surface area contributed by atoms with E-state index in [2.05, 4.69) is 0 Å². The number of amides is 1. The highest BCUT2D eigenvalue weighted by Crippen LogP contribution is 2.23. The van der Waals surface area contributed by atoms with Crippen LogP contribution in [0.15, 0.2) is 54.6 Å². The van der Waals surface area contributed by atoms with Crippen molar-refractivity contribution in [1.82, 2.24) is 4.90 Å². The van der Waals surface area contributed by atoms with Crippen molar-refractivity contribution < 1.29 is 18.7 Å². The van der Waals surface area contributed by atoms with E-state index >= 15 is 0 Å². The van der Waals surface area contributed by atoms with E-state index in [-0.39, 0.29) is 11.9 Å². The lowest BCUT2D eigenvalue weighted by Gasteiger charge is -2.32. The van der Waals surface area contributed by atoms with Gasteiger partial charge in [-0.25, -0.2) is 9.18 Å². The Morgan fingerprint density at radius 2 is 1.86 bits per heavy atom. The molecule has 0 spiro atoms. The van der Waals surface area contributed by atoms with E-state index in [9.17, 15) is 9.18 Å². The molecule has 3 rings (SSSR count). The van der Waals surface area contributed by atoms with Gasteiger partial charge in [0.25, 0.3) is 0 Å². The zero-order valence-corrected chi connectivity index (χ0v) is 11.9. The second kappa shape index (κ2) is 6.58. The normalized spacial score (nSPS) is 18.0. The summed E-state index contributed by atoms with van der Waals surface area (Å²) >= 11 is 0. The van der Waals surface area contributed by atoms with Gasteiger partial charge < -0.3 is 14.4 Å². The fourth-order valence-electron chi connectivity index (χ4n) is 2.35. The summed E-state index contributed by atoms with van der Waals surface area (Å²) in [7, 11) is 0. The van der Waals surface area contributed by atoms with Gasteiger partial charge in [-0.15, -0.1) is 0 Å². The summed E-state index contributed by atoms with van der Waals surface area (Å²) in [6, 6.07) is 15.1. The molecular formula is C17H16FNO3. The van der Waals surface area contributed by atoms with Crippen molar-refractivity contribution in [1.29, 1.82) is 0 Å². The van der Waals surface area contributed by atoms with Gasteiger partial charge in [-0.05, 0) is 29.8 Å². The Morgan fingerprint density at radius 3 is 2.59 bits per heavy atom. The number of hydrogen-bond donors (Lipinski definition) is 0. The largest absolute Gasteiger partial charge is 0.415 e. The fourth-order valence-corrected chi connectivity index (χ4v) is 2.35. The molecule has 0 aliphatic carbocycles. The van der Waals surface area contributed by atoms with Crippen molar-refractivity contribution in [3.05, 3.63) is 66.0 Å². The van der Waals surface area contributed by atoms with E-state index in [4.69, 9.17) is 9.47 Å². The highest BCUT2D eigenvalue weighted by molar-refractivity contribution is 5.70. The van der Waals surface area contributed by atoms with Crippen molar-refractivity contribution >= 4 is 6.09 Å². The van der Waals surface area contributed by atoms with Crippen LogP contribution in [0, 0.1) is 5.82 Å². The third-order valence-electron chi connectivity index (χ3n) is 3.51. The number of morpholine rings is 1. The molecule has 1 aliphatic heterocycles. The van der Waals surface area contributed by atoms with Crippen LogP contribution in [0.1, 0.15) is 11.7 Å². The first kappa shape index (κ1) is 14.5. The van der Waals surface area contributed by atoms with E-state index in [1.807, 2.05) is 18.2 Å². The molecule has 0 bridgehead atoms. The van der Waals surface area contributed by atoms with Crippen molar-refractivity contribution in [2.45, 2.75) is 6.10 Å². The van der Waals surface area contributed by atoms with Gasteiger partial charge in [-0.3, -0.25) is 0 Å². The van der Waals surface area contributed by atoms with Crippen molar-refractivity contribution in [3.8, 4) is 5.75 Å². The Bertz CT molecular complexity index is 630. The van der Waals surface area contributed by atoms with Crippen LogP contribution in [0.4, 0.5) is 9.18 Å². The first-order valence-electron chi connectivity index (χ1n) is 7.11. The van der Waals surface area contributed by atoms with Gasteiger partial charge in [0.15, 0.2) is 0 Å². The highest BCUT2D eigenvalue weighted by Gasteiger charge is 2.26. The average Bonchev–Trinajstić information content (AvgIpc) is 2.56. The van der Waals surface area contributed by atoms with Crippen LogP contribution >= 0.6 is 0 Å². The van der Waals surface area contributed by atoms with Crippen LogP contribution in [0.2, 0.25) is 0 Å². The van der Waals surface area contributed by atoms with E-state index in [1.165, 1.54) is 12.1 Å². The van der Waals surface area contributed by atoms with Crippen LogP contribution in [-0.2, 0) is 4.74 Å². The standard InChI is InChI=1S/C17H16FNO3/c18-14-8-6-13(7-9-14)16-12-19(10-11-21-16)17(20)22-15-4-2-1-3-5-15/h1-9,16H,10-12H2/t16-/m0/s1. The molecule has 0 aromatic heterocycles. The lowest BCUT2D eigenvalue weighted by molar-refractivity contribution is -0.0218. The topological polar surface area (TPSA) is 38.8 Å². The molecule has 0 unspecified atom stereocenters. The quantitative estimate of drug-likeness (QED) is 0.853. The first-order chi connectivity index (χ1) is 10.7. The minimum atomic E-state index is -0.401. The molecular weight excluding hydrogens is 285 g/mol. The maximum atomic E-state index is 13.0. The molecule has 114 valence electrons. The Labute approximate surface area is 128 Å². The van der Waals surface area contributed by atoms with Crippen molar-refractivity contribution in [3.63, 3.8) is 0 Å². The van der Waals surface area contributed by atoms with E-state index < -0.39 is 6.09 Å². The number of ether oxygens (including phenoxy) is 2. The molecule has 1 atom stereocenters. The summed E-state index contributed by atoms with van der Waals surface area (Å²) in [5.74, 6) is 0.220. The summed E-state index contributed by atoms with van der Waals surface area (Å²) in [6.07, 6.45) is -0.667. The number of halogens is 1. The van der Waals surface area contributed by atoms with Gasteiger partial charge in [0.2, 0.25) is 0 Å². The molecule has 22 heavy (non-hydrogen) atoms. The van der Waals surface area contributed by atoms with Crippen LogP contribution in [0.25, 0.3) is 0 Å². The van der Waals surface area contributed by atoms with Gasteiger partial charge >= 0.3 is 6.09 Å². The lowest BCUT2D eigenvalue weighted by atomic mass is 10.1. The Kier molecular flexibility index (Phi) is 4.34. The predicted octanol–water partition coefficient (Wildman–Crippen LogP) is 3.40. The average molecular weight is 301 g/mol. The van der Waals surface area contributed by atoms with Crippen LogP contribution in [-0.4, -0.2) is 30.7 Å². The highest BCUT2D eigenvalue weighted by atomic mass is 19.1. The Balaban J connectivity index is 1.65. The summed E-state index contributed by atoms with van der Waals surface area (Å²) < 4.78 is 24.0. The Morgan fingerprint density at radius 1 is 1.14 bits per heavy atom. The minimum Gasteiger partial charge on any atom is -0.410 e. The molecule has 2 aromatic carbocycles. The number of benzene rings is 2. The van der Waals surface area contributed by atoms with Gasteiger partial charge in [-0.1, -0.05) is 30.3 Å². The number of carbonyl (C=O) groups is 1. The third-order valence-corrected chi connectivity index (χ3v) is 3.51. The summed E-state index contributed by atoms with van der Waals surface area (Å²) in [5.41, 5.74) is 0.846. The number of hydrogen-bond acceptors (Lipinski definition) is 3. The minimum absolute atomic E-state index is 0.266. The molecule has 2 aromatic rings. The zero-order valence-electron chi connectivity index (χ0n) is 11.9. The molecule has 1 aliphatic rings. The van der Waals surface area contributed by atoms with Crippen molar-refractivity contribution in [2.24, 2.45) is 0 Å². The third kappa shape index (κ3) is 3.43.